The van der Waals surface area contributed by atoms with Crippen LogP contribution in [-0.2, 0) is 0 Å². The van der Waals surface area contributed by atoms with E-state index in [0.717, 1.165) is 5.75 Å². The minimum Gasteiger partial charge on any atom is -0.179 e. The van der Waals surface area contributed by atoms with Gasteiger partial charge in [0.25, 0.3) is 0 Å². The maximum Gasteiger partial charge on any atom is -0.00979 e. The van der Waals surface area contributed by atoms with E-state index in [9.17, 15) is 0 Å². The molecule has 0 aromatic heterocycles. The molecule has 0 saturated heterocycles. The van der Waals surface area contributed by atoms with Crippen molar-refractivity contribution in [1.29, 1.82) is 0 Å². The summed E-state index contributed by atoms with van der Waals surface area (Å²) in [6.45, 7) is 2.32. The van der Waals surface area contributed by atoms with Crippen LogP contribution in [0.25, 0.3) is 0 Å². The van der Waals surface area contributed by atoms with Crippen molar-refractivity contribution >= 4 is 12.6 Å². The Hall–Kier alpha value is 0.350. The minimum absolute atomic E-state index is 1.07. The third-order valence-corrected chi connectivity index (χ3v) is 20.8. The first kappa shape index (κ1) is 85.3. The summed E-state index contributed by atoms with van der Waals surface area (Å²) in [6.07, 6.45) is 122. The van der Waals surface area contributed by atoms with Crippen LogP contribution in [0.15, 0.2) is 0 Å². The van der Waals surface area contributed by atoms with Crippen molar-refractivity contribution in [2.24, 2.45) is 0 Å². The lowest BCUT2D eigenvalue weighted by Crippen LogP contribution is -1.85. The van der Waals surface area contributed by atoms with Gasteiger partial charge in [-0.15, -0.1) is 0 Å². The second-order valence-corrected chi connectivity index (χ2v) is 29.8. The fraction of sp³-hybridized carbons (Fsp3) is 1.00. The third kappa shape index (κ3) is 84.3. The molecular formula is C84H170S. The maximum absolute atomic E-state index is 4.31. The SMILES string of the molecule is CCCCCCCCCCCCCCCCCCCCCCCCCCCCCCCCCCCCCCCCCCCCCCCCCCCCCCCCCCCCCCCCCCCCCCCCCCCCCCCCCCCCS. The third-order valence-electron chi connectivity index (χ3n) is 20.5. The van der Waals surface area contributed by atoms with Gasteiger partial charge in [-0.3, -0.25) is 0 Å². The average molecular weight is 1210 g/mol. The molecule has 0 bridgehead atoms. The van der Waals surface area contributed by atoms with Gasteiger partial charge in [-0.05, 0) is 12.2 Å². The van der Waals surface area contributed by atoms with E-state index in [1.54, 1.807) is 0 Å². The fourth-order valence-corrected chi connectivity index (χ4v) is 14.6. The number of hydrogen-bond acceptors (Lipinski definition) is 1. The highest BCUT2D eigenvalue weighted by Crippen LogP contribution is 2.22. The van der Waals surface area contributed by atoms with Gasteiger partial charge in [-0.25, -0.2) is 0 Å². The van der Waals surface area contributed by atoms with Gasteiger partial charge in [0.15, 0.2) is 0 Å². The van der Waals surface area contributed by atoms with Crippen LogP contribution >= 0.6 is 12.6 Å². The van der Waals surface area contributed by atoms with E-state index < -0.39 is 0 Å². The Kier molecular flexibility index (Phi) is 84.7. The summed E-state index contributed by atoms with van der Waals surface area (Å²) in [5.74, 6) is 1.07. The molecule has 0 fully saturated rings. The number of rotatable bonds is 82. The zero-order valence-corrected chi connectivity index (χ0v) is 61.0. The second kappa shape index (κ2) is 84.3. The summed E-state index contributed by atoms with van der Waals surface area (Å²) in [4.78, 5) is 0. The molecule has 0 heterocycles. The lowest BCUT2D eigenvalue weighted by molar-refractivity contribution is 0.505. The molecule has 0 aliphatic carbocycles. The second-order valence-electron chi connectivity index (χ2n) is 29.4. The first-order valence-electron chi connectivity index (χ1n) is 42.0. The molecular weight excluding hydrogens is 1040 g/mol. The first-order valence-corrected chi connectivity index (χ1v) is 42.7. The molecule has 0 amide bonds. The average Bonchev–Trinajstić information content (AvgIpc) is 3.51. The van der Waals surface area contributed by atoms with Crippen LogP contribution in [0.4, 0.5) is 0 Å². The maximum atomic E-state index is 4.31. The Labute approximate surface area is 548 Å². The standard InChI is InChI=1S/C84H170S/c1-2-3-4-5-6-7-8-9-10-11-12-13-14-15-16-17-18-19-20-21-22-23-24-25-26-27-28-29-30-31-32-33-34-35-36-37-38-39-40-41-42-43-44-45-46-47-48-49-50-51-52-53-54-55-56-57-58-59-60-61-62-63-64-65-66-67-68-69-70-71-72-73-74-75-76-77-78-79-80-81-82-83-84-85/h85H,2-84H2,1H3. The van der Waals surface area contributed by atoms with Crippen molar-refractivity contribution < 1.29 is 0 Å². The molecule has 0 saturated carbocycles. The zero-order chi connectivity index (χ0) is 60.7. The zero-order valence-electron chi connectivity index (χ0n) is 60.1. The van der Waals surface area contributed by atoms with E-state index in [1.165, 1.54) is 527 Å². The molecule has 0 atom stereocenters. The lowest BCUT2D eigenvalue weighted by atomic mass is 10.0. The van der Waals surface area contributed by atoms with Crippen molar-refractivity contribution in [2.45, 2.75) is 533 Å². The van der Waals surface area contributed by atoms with E-state index in [-0.39, 0.29) is 0 Å². The highest BCUT2D eigenvalue weighted by atomic mass is 32.1. The Morgan fingerprint density at radius 1 is 0.0941 bits per heavy atom. The topological polar surface area (TPSA) is 0 Å². The summed E-state index contributed by atoms with van der Waals surface area (Å²) in [5, 5.41) is 0. The first-order chi connectivity index (χ1) is 42.4. The van der Waals surface area contributed by atoms with Gasteiger partial charge >= 0.3 is 0 Å². The van der Waals surface area contributed by atoms with Gasteiger partial charge in [-0.1, -0.05) is 527 Å². The Morgan fingerprint density at radius 2 is 0.153 bits per heavy atom. The van der Waals surface area contributed by atoms with E-state index in [4.69, 9.17) is 0 Å². The van der Waals surface area contributed by atoms with Crippen molar-refractivity contribution in [3.05, 3.63) is 0 Å². The summed E-state index contributed by atoms with van der Waals surface area (Å²) in [6, 6.07) is 0. The highest BCUT2D eigenvalue weighted by Gasteiger charge is 2.02. The van der Waals surface area contributed by atoms with Crippen LogP contribution in [0.3, 0.4) is 0 Å². The number of unbranched alkanes of at least 4 members (excludes halogenated alkanes) is 81. The molecule has 0 rings (SSSR count). The van der Waals surface area contributed by atoms with Gasteiger partial charge in [-0.2, -0.15) is 12.6 Å². The van der Waals surface area contributed by atoms with Crippen LogP contribution in [0.1, 0.15) is 533 Å². The van der Waals surface area contributed by atoms with Crippen LogP contribution in [0.2, 0.25) is 0 Å². The molecule has 0 spiro atoms. The van der Waals surface area contributed by atoms with E-state index in [2.05, 4.69) is 19.6 Å². The number of thiol groups is 1. The smallest absolute Gasteiger partial charge is 0.00979 e. The van der Waals surface area contributed by atoms with Crippen molar-refractivity contribution in [3.8, 4) is 0 Å². The van der Waals surface area contributed by atoms with Crippen molar-refractivity contribution in [3.63, 3.8) is 0 Å². The molecule has 0 nitrogen and oxygen atoms in total. The van der Waals surface area contributed by atoms with Crippen molar-refractivity contribution in [1.82, 2.24) is 0 Å². The molecule has 0 N–H and O–H groups in total. The molecule has 0 unspecified atom stereocenters. The molecule has 1 heteroatoms. The molecule has 85 heavy (non-hydrogen) atoms. The van der Waals surface area contributed by atoms with Gasteiger partial charge < -0.3 is 0 Å². The fourth-order valence-electron chi connectivity index (χ4n) is 14.3. The van der Waals surface area contributed by atoms with Crippen molar-refractivity contribution in [2.75, 3.05) is 5.75 Å². The highest BCUT2D eigenvalue weighted by molar-refractivity contribution is 7.80. The van der Waals surface area contributed by atoms with Gasteiger partial charge in [0.1, 0.15) is 0 Å². The predicted molar refractivity (Wildman–Crippen MR) is 398 cm³/mol. The Balaban J connectivity index is 3.08. The molecule has 0 aliphatic rings. The lowest BCUT2D eigenvalue weighted by Gasteiger charge is -2.05. The number of hydrogen-bond donors (Lipinski definition) is 1. The van der Waals surface area contributed by atoms with Gasteiger partial charge in [0.2, 0.25) is 0 Å². The summed E-state index contributed by atoms with van der Waals surface area (Å²) < 4.78 is 0. The summed E-state index contributed by atoms with van der Waals surface area (Å²) >= 11 is 4.31. The van der Waals surface area contributed by atoms with Gasteiger partial charge in [0, 0.05) is 0 Å². The van der Waals surface area contributed by atoms with E-state index in [0.29, 0.717) is 0 Å². The Bertz CT molecular complexity index is 984. The molecule has 0 aromatic carbocycles. The van der Waals surface area contributed by atoms with Gasteiger partial charge in [0.05, 0.1) is 0 Å². The van der Waals surface area contributed by atoms with E-state index >= 15 is 0 Å². The molecule has 0 aromatic rings. The molecule has 0 aliphatic heterocycles. The summed E-state index contributed by atoms with van der Waals surface area (Å²) in [5.41, 5.74) is 0. The quantitative estimate of drug-likeness (QED) is 0.0455. The minimum atomic E-state index is 1.07. The van der Waals surface area contributed by atoms with Crippen LogP contribution in [0, 0.1) is 0 Å². The Morgan fingerprint density at radius 3 is 0.212 bits per heavy atom. The monoisotopic (exact) mass is 1210 g/mol. The summed E-state index contributed by atoms with van der Waals surface area (Å²) in [7, 11) is 0. The largest absolute Gasteiger partial charge is 0.179 e. The molecule has 512 valence electrons. The van der Waals surface area contributed by atoms with E-state index in [1.807, 2.05) is 0 Å². The van der Waals surface area contributed by atoms with Crippen LogP contribution < -0.4 is 0 Å². The molecule has 0 radical (unpaired) electrons. The normalized spacial score (nSPS) is 11.8. The van der Waals surface area contributed by atoms with Crippen LogP contribution in [0.5, 0.6) is 0 Å². The van der Waals surface area contributed by atoms with Crippen LogP contribution in [-0.4, -0.2) is 5.75 Å². The predicted octanol–water partition coefficient (Wildman–Crippen LogP) is 32.9.